The summed E-state index contributed by atoms with van der Waals surface area (Å²) in [5.74, 6) is 0.0505. The smallest absolute Gasteiger partial charge is 0.269 e. The minimum absolute atomic E-state index is 0.0418. The number of nitro benzene ring substituents is 1. The Morgan fingerprint density at radius 3 is 2.35 bits per heavy atom. The van der Waals surface area contributed by atoms with Crippen LogP contribution in [0.2, 0.25) is 0 Å². The lowest BCUT2D eigenvalue weighted by atomic mass is 9.90. The molecule has 0 heterocycles. The normalized spacial score (nSPS) is 14.0. The number of hydrogen-bond acceptors (Lipinski definition) is 6. The predicted octanol–water partition coefficient (Wildman–Crippen LogP) is 1.14. The molecular formula is C16H26N4O5S. The van der Waals surface area contributed by atoms with Crippen molar-refractivity contribution in [2.75, 3.05) is 13.1 Å². The second-order valence-corrected chi connectivity index (χ2v) is 8.58. The third-order valence-electron chi connectivity index (χ3n) is 3.75. The molecule has 1 aromatic carbocycles. The maximum Gasteiger partial charge on any atom is 0.269 e. The van der Waals surface area contributed by atoms with Crippen LogP contribution in [0.3, 0.4) is 0 Å². The minimum Gasteiger partial charge on any atom is -0.350 e. The van der Waals surface area contributed by atoms with E-state index in [4.69, 9.17) is 5.73 Å². The molecule has 0 spiro atoms. The molecule has 0 aromatic heterocycles. The molecule has 1 rings (SSSR count). The van der Waals surface area contributed by atoms with Gasteiger partial charge in [0.25, 0.3) is 5.69 Å². The van der Waals surface area contributed by atoms with Crippen LogP contribution in [-0.2, 0) is 14.8 Å². The van der Waals surface area contributed by atoms with Gasteiger partial charge in [0.1, 0.15) is 0 Å². The molecular weight excluding hydrogens is 360 g/mol. The van der Waals surface area contributed by atoms with E-state index >= 15 is 0 Å². The van der Waals surface area contributed by atoms with Crippen LogP contribution in [0, 0.1) is 16.0 Å². The van der Waals surface area contributed by atoms with Gasteiger partial charge < -0.3 is 11.1 Å². The zero-order valence-corrected chi connectivity index (χ0v) is 16.0. The standard InChI is InChI=1S/C16H26N4O5S/c1-12(2)10-16(3,11-17)19-15(21)8-9-18-26(24,25)14-6-4-13(5-7-14)20(22)23/h4-7,12,18H,8-11,17H2,1-3H3,(H,19,21). The number of non-ortho nitro benzene ring substituents is 1. The Morgan fingerprint density at radius 2 is 1.88 bits per heavy atom. The van der Waals surface area contributed by atoms with E-state index in [0.717, 1.165) is 24.3 Å². The van der Waals surface area contributed by atoms with E-state index in [1.54, 1.807) is 0 Å². The Labute approximate surface area is 153 Å². The average Bonchev–Trinajstić information content (AvgIpc) is 2.53. The summed E-state index contributed by atoms with van der Waals surface area (Å²) in [5, 5.41) is 13.4. The zero-order valence-electron chi connectivity index (χ0n) is 15.2. The summed E-state index contributed by atoms with van der Waals surface area (Å²) in [6.45, 7) is 6.10. The second kappa shape index (κ2) is 9.06. The van der Waals surface area contributed by atoms with E-state index in [1.807, 2.05) is 20.8 Å². The molecule has 10 heteroatoms. The van der Waals surface area contributed by atoms with Crippen molar-refractivity contribution in [2.45, 2.75) is 44.0 Å². The summed E-state index contributed by atoms with van der Waals surface area (Å²) in [6, 6.07) is 4.52. The summed E-state index contributed by atoms with van der Waals surface area (Å²) in [7, 11) is -3.84. The molecule has 1 atom stereocenters. The first-order valence-corrected chi connectivity index (χ1v) is 9.72. The van der Waals surface area contributed by atoms with Crippen LogP contribution in [0.25, 0.3) is 0 Å². The highest BCUT2D eigenvalue weighted by molar-refractivity contribution is 7.89. The Hall–Kier alpha value is -2.04. The van der Waals surface area contributed by atoms with Crippen LogP contribution in [-0.4, -0.2) is 37.9 Å². The van der Waals surface area contributed by atoms with Crippen molar-refractivity contribution in [2.24, 2.45) is 11.7 Å². The van der Waals surface area contributed by atoms with E-state index < -0.39 is 20.5 Å². The van der Waals surface area contributed by atoms with Gasteiger partial charge >= 0.3 is 0 Å². The first kappa shape index (κ1) is 22.0. The van der Waals surface area contributed by atoms with Gasteiger partial charge in [-0.2, -0.15) is 0 Å². The fourth-order valence-corrected chi connectivity index (χ4v) is 3.65. The van der Waals surface area contributed by atoms with E-state index in [9.17, 15) is 23.3 Å². The summed E-state index contributed by atoms with van der Waals surface area (Å²) in [4.78, 5) is 22.0. The maximum absolute atomic E-state index is 12.1. The minimum atomic E-state index is -3.84. The number of nitro groups is 1. The number of carbonyl (C=O) groups is 1. The zero-order chi connectivity index (χ0) is 20.0. The molecule has 1 unspecified atom stereocenters. The van der Waals surface area contributed by atoms with Crippen molar-refractivity contribution in [1.29, 1.82) is 0 Å². The number of nitrogens with zero attached hydrogens (tertiary/aromatic N) is 1. The highest BCUT2D eigenvalue weighted by atomic mass is 32.2. The lowest BCUT2D eigenvalue weighted by Crippen LogP contribution is -2.52. The van der Waals surface area contributed by atoms with Gasteiger partial charge in [-0.25, -0.2) is 13.1 Å². The van der Waals surface area contributed by atoms with Crippen molar-refractivity contribution in [3.8, 4) is 0 Å². The number of sulfonamides is 1. The Morgan fingerprint density at radius 1 is 1.31 bits per heavy atom. The lowest BCUT2D eigenvalue weighted by molar-refractivity contribution is -0.384. The van der Waals surface area contributed by atoms with Gasteiger partial charge in [-0.1, -0.05) is 13.8 Å². The van der Waals surface area contributed by atoms with Crippen molar-refractivity contribution in [3.05, 3.63) is 34.4 Å². The predicted molar refractivity (Wildman–Crippen MR) is 98.0 cm³/mol. The van der Waals surface area contributed by atoms with Crippen molar-refractivity contribution in [3.63, 3.8) is 0 Å². The van der Waals surface area contributed by atoms with Crippen molar-refractivity contribution < 1.29 is 18.1 Å². The quantitative estimate of drug-likeness (QED) is 0.406. The summed E-state index contributed by atoms with van der Waals surface area (Å²) >= 11 is 0. The topological polar surface area (TPSA) is 144 Å². The van der Waals surface area contributed by atoms with Gasteiger partial charge in [0.15, 0.2) is 0 Å². The lowest BCUT2D eigenvalue weighted by Gasteiger charge is -2.31. The Kier molecular flexibility index (Phi) is 7.67. The molecule has 1 amide bonds. The summed E-state index contributed by atoms with van der Waals surface area (Å²) in [6.07, 6.45) is 0.670. The van der Waals surface area contributed by atoms with Crippen molar-refractivity contribution in [1.82, 2.24) is 10.0 Å². The van der Waals surface area contributed by atoms with E-state index in [2.05, 4.69) is 10.0 Å². The molecule has 4 N–H and O–H groups in total. The number of hydrogen-bond donors (Lipinski definition) is 3. The summed E-state index contributed by atoms with van der Waals surface area (Å²) in [5.41, 5.74) is 5.00. The fraction of sp³-hybridized carbons (Fsp3) is 0.562. The van der Waals surface area contributed by atoms with Gasteiger partial charge in [0, 0.05) is 37.2 Å². The molecule has 0 aliphatic rings. The van der Waals surface area contributed by atoms with Crippen LogP contribution in [0.15, 0.2) is 29.2 Å². The van der Waals surface area contributed by atoms with E-state index in [0.29, 0.717) is 12.3 Å². The molecule has 0 bridgehead atoms. The third-order valence-corrected chi connectivity index (χ3v) is 5.23. The van der Waals surface area contributed by atoms with Gasteiger partial charge in [-0.05, 0) is 31.4 Å². The van der Waals surface area contributed by atoms with Gasteiger partial charge in [0.05, 0.1) is 9.82 Å². The van der Waals surface area contributed by atoms with Gasteiger partial charge in [0.2, 0.25) is 15.9 Å². The maximum atomic E-state index is 12.1. The molecule has 0 fully saturated rings. The number of nitrogens with two attached hydrogens (primary N) is 1. The van der Waals surface area contributed by atoms with Gasteiger partial charge in [-0.3, -0.25) is 14.9 Å². The Balaban J connectivity index is 2.60. The molecule has 0 saturated heterocycles. The average molecular weight is 386 g/mol. The molecule has 0 aliphatic carbocycles. The SMILES string of the molecule is CC(C)CC(C)(CN)NC(=O)CCNS(=O)(=O)c1ccc([N+](=O)[O-])cc1. The van der Waals surface area contributed by atoms with Crippen molar-refractivity contribution >= 4 is 21.6 Å². The molecule has 146 valence electrons. The first-order valence-electron chi connectivity index (χ1n) is 8.24. The molecule has 26 heavy (non-hydrogen) atoms. The van der Waals surface area contributed by atoms with E-state index in [-0.39, 0.29) is 36.0 Å². The molecule has 0 saturated carbocycles. The molecule has 0 aliphatic heterocycles. The number of amides is 1. The molecule has 9 nitrogen and oxygen atoms in total. The number of carbonyl (C=O) groups excluding carboxylic acids is 1. The molecule has 0 radical (unpaired) electrons. The number of nitrogens with one attached hydrogen (secondary N) is 2. The second-order valence-electron chi connectivity index (χ2n) is 6.81. The van der Waals surface area contributed by atoms with Gasteiger partial charge in [-0.15, -0.1) is 0 Å². The monoisotopic (exact) mass is 386 g/mol. The fourth-order valence-electron chi connectivity index (χ4n) is 2.61. The van der Waals surface area contributed by atoms with Crippen LogP contribution in [0.5, 0.6) is 0 Å². The number of benzene rings is 1. The van der Waals surface area contributed by atoms with Crippen LogP contribution < -0.4 is 15.8 Å². The van der Waals surface area contributed by atoms with Crippen LogP contribution >= 0.6 is 0 Å². The highest BCUT2D eigenvalue weighted by Gasteiger charge is 2.25. The third kappa shape index (κ3) is 6.70. The van der Waals surface area contributed by atoms with E-state index in [1.165, 1.54) is 0 Å². The Bertz CT molecular complexity index is 734. The van der Waals surface area contributed by atoms with Crippen LogP contribution in [0.4, 0.5) is 5.69 Å². The largest absolute Gasteiger partial charge is 0.350 e. The summed E-state index contributed by atoms with van der Waals surface area (Å²) < 4.78 is 26.6. The first-order chi connectivity index (χ1) is 12.0. The van der Waals surface area contributed by atoms with Crippen LogP contribution in [0.1, 0.15) is 33.6 Å². The number of rotatable bonds is 10. The highest BCUT2D eigenvalue weighted by Crippen LogP contribution is 2.16. The molecule has 1 aromatic rings.